The molecular formula is C17H28ClN5. The topological polar surface area (TPSA) is 52.6 Å². The van der Waals surface area contributed by atoms with Crippen LogP contribution in [-0.2, 0) is 6.42 Å². The summed E-state index contributed by atoms with van der Waals surface area (Å²) in [7, 11) is 1.81. The molecule has 0 bridgehead atoms. The Kier molecular flexibility index (Phi) is 7.62. The molecule has 6 heteroatoms. The van der Waals surface area contributed by atoms with Crippen LogP contribution in [0.2, 0.25) is 5.15 Å². The van der Waals surface area contributed by atoms with Crippen LogP contribution >= 0.6 is 11.6 Å². The molecule has 1 unspecified atom stereocenters. The highest BCUT2D eigenvalue weighted by Gasteiger charge is 2.17. The van der Waals surface area contributed by atoms with Gasteiger partial charge in [0.1, 0.15) is 5.15 Å². The monoisotopic (exact) mass is 337 g/mol. The molecule has 1 saturated heterocycles. The van der Waals surface area contributed by atoms with Gasteiger partial charge in [-0.2, -0.15) is 0 Å². The number of nitrogens with zero attached hydrogens (tertiary/aromatic N) is 3. The molecular weight excluding hydrogens is 310 g/mol. The number of hydrogen-bond donors (Lipinski definition) is 2. The fourth-order valence-electron chi connectivity index (χ4n) is 2.91. The summed E-state index contributed by atoms with van der Waals surface area (Å²) < 4.78 is 0. The third-order valence-corrected chi connectivity index (χ3v) is 4.57. The molecule has 23 heavy (non-hydrogen) atoms. The van der Waals surface area contributed by atoms with Gasteiger partial charge in [-0.25, -0.2) is 4.98 Å². The van der Waals surface area contributed by atoms with Crippen LogP contribution in [0.1, 0.15) is 31.7 Å². The first-order valence-electron chi connectivity index (χ1n) is 8.48. The molecule has 2 N–H and O–H groups in total. The van der Waals surface area contributed by atoms with Crippen LogP contribution in [-0.4, -0.2) is 55.1 Å². The molecule has 0 amide bonds. The maximum absolute atomic E-state index is 5.79. The van der Waals surface area contributed by atoms with Gasteiger partial charge in [-0.1, -0.05) is 24.1 Å². The van der Waals surface area contributed by atoms with Gasteiger partial charge < -0.3 is 10.6 Å². The van der Waals surface area contributed by atoms with Crippen LogP contribution in [0.25, 0.3) is 0 Å². The molecule has 2 rings (SSSR count). The van der Waals surface area contributed by atoms with Gasteiger partial charge in [0.15, 0.2) is 5.96 Å². The zero-order chi connectivity index (χ0) is 16.5. The third kappa shape index (κ3) is 6.36. The highest BCUT2D eigenvalue weighted by Crippen LogP contribution is 2.15. The van der Waals surface area contributed by atoms with E-state index in [4.69, 9.17) is 11.6 Å². The predicted octanol–water partition coefficient (Wildman–Crippen LogP) is 2.32. The second kappa shape index (κ2) is 9.73. The molecule has 1 aromatic heterocycles. The molecule has 2 heterocycles. The number of pyridine rings is 1. The van der Waals surface area contributed by atoms with Crippen molar-refractivity contribution in [3.63, 3.8) is 0 Å². The summed E-state index contributed by atoms with van der Waals surface area (Å²) in [6.45, 7) is 6.36. The molecule has 1 fully saturated rings. The van der Waals surface area contributed by atoms with Crippen molar-refractivity contribution in [2.24, 2.45) is 4.99 Å². The number of rotatable bonds is 6. The lowest BCUT2D eigenvalue weighted by Crippen LogP contribution is -2.45. The standard InChI is InChI=1S/C17H28ClN5/c1-14-5-3-4-11-23(14)12-10-21-17(19-2)20-9-8-15-6-7-16(18)22-13-15/h6-7,13-14H,3-5,8-12H2,1-2H3,(H2,19,20,21). The molecule has 1 aliphatic heterocycles. The summed E-state index contributed by atoms with van der Waals surface area (Å²) >= 11 is 5.79. The van der Waals surface area contributed by atoms with Gasteiger partial charge in [-0.15, -0.1) is 0 Å². The Morgan fingerprint density at radius 3 is 2.87 bits per heavy atom. The van der Waals surface area contributed by atoms with Gasteiger partial charge in [0.25, 0.3) is 0 Å². The van der Waals surface area contributed by atoms with Crippen molar-refractivity contribution in [2.45, 2.75) is 38.6 Å². The van der Waals surface area contributed by atoms with Crippen molar-refractivity contribution in [3.05, 3.63) is 29.0 Å². The average Bonchev–Trinajstić information content (AvgIpc) is 2.57. The smallest absolute Gasteiger partial charge is 0.191 e. The number of guanidine groups is 1. The minimum atomic E-state index is 0.533. The van der Waals surface area contributed by atoms with E-state index in [0.717, 1.165) is 32.0 Å². The largest absolute Gasteiger partial charge is 0.356 e. The van der Waals surface area contributed by atoms with Gasteiger partial charge in [0, 0.05) is 38.9 Å². The van der Waals surface area contributed by atoms with Gasteiger partial charge in [0.2, 0.25) is 0 Å². The zero-order valence-corrected chi connectivity index (χ0v) is 14.9. The van der Waals surface area contributed by atoms with Crippen LogP contribution in [0.4, 0.5) is 0 Å². The Bertz CT molecular complexity index is 488. The van der Waals surface area contributed by atoms with E-state index in [1.54, 1.807) is 0 Å². The van der Waals surface area contributed by atoms with Crippen molar-refractivity contribution in [3.8, 4) is 0 Å². The molecule has 0 spiro atoms. The van der Waals surface area contributed by atoms with Crippen LogP contribution < -0.4 is 10.6 Å². The normalized spacial score (nSPS) is 19.6. The summed E-state index contributed by atoms with van der Waals surface area (Å²) in [6, 6.07) is 4.53. The SMILES string of the molecule is CN=C(NCCc1ccc(Cl)nc1)NCCN1CCCCC1C. The molecule has 0 aromatic carbocycles. The predicted molar refractivity (Wildman–Crippen MR) is 97.2 cm³/mol. The number of nitrogens with one attached hydrogen (secondary N) is 2. The summed E-state index contributed by atoms with van der Waals surface area (Å²) in [5, 5.41) is 7.27. The number of piperidine rings is 1. The number of aliphatic imine (C=N–C) groups is 1. The first-order valence-corrected chi connectivity index (χ1v) is 8.86. The van der Waals surface area contributed by atoms with E-state index in [1.807, 2.05) is 25.4 Å². The number of halogens is 1. The first kappa shape index (κ1) is 18.0. The maximum Gasteiger partial charge on any atom is 0.191 e. The molecule has 1 aliphatic rings. The molecule has 128 valence electrons. The fourth-order valence-corrected chi connectivity index (χ4v) is 3.02. The van der Waals surface area contributed by atoms with Crippen molar-refractivity contribution in [1.29, 1.82) is 0 Å². The summed E-state index contributed by atoms with van der Waals surface area (Å²) in [5.41, 5.74) is 1.17. The lowest BCUT2D eigenvalue weighted by atomic mass is 10.0. The molecule has 0 aliphatic carbocycles. The Morgan fingerprint density at radius 2 is 2.17 bits per heavy atom. The van der Waals surface area contributed by atoms with Crippen LogP contribution in [0.5, 0.6) is 0 Å². The lowest BCUT2D eigenvalue weighted by molar-refractivity contribution is 0.163. The highest BCUT2D eigenvalue weighted by molar-refractivity contribution is 6.29. The summed E-state index contributed by atoms with van der Waals surface area (Å²) in [4.78, 5) is 10.9. The zero-order valence-electron chi connectivity index (χ0n) is 14.2. The molecule has 0 saturated carbocycles. The van der Waals surface area contributed by atoms with Crippen LogP contribution in [0, 0.1) is 0 Å². The van der Waals surface area contributed by atoms with Crippen LogP contribution in [0.3, 0.4) is 0 Å². The van der Waals surface area contributed by atoms with Crippen molar-refractivity contribution < 1.29 is 0 Å². The van der Waals surface area contributed by atoms with E-state index in [2.05, 4.69) is 32.4 Å². The van der Waals surface area contributed by atoms with Crippen molar-refractivity contribution in [1.82, 2.24) is 20.5 Å². The minimum Gasteiger partial charge on any atom is -0.356 e. The molecule has 5 nitrogen and oxygen atoms in total. The lowest BCUT2D eigenvalue weighted by Gasteiger charge is -2.33. The Hall–Kier alpha value is -1.33. The van der Waals surface area contributed by atoms with Crippen molar-refractivity contribution >= 4 is 17.6 Å². The molecule has 1 atom stereocenters. The molecule has 1 aromatic rings. The maximum atomic E-state index is 5.79. The van der Waals surface area contributed by atoms with Crippen molar-refractivity contribution in [2.75, 3.05) is 33.2 Å². The number of likely N-dealkylation sites (tertiary alicyclic amines) is 1. The average molecular weight is 338 g/mol. The van der Waals surface area contributed by atoms with E-state index in [-0.39, 0.29) is 0 Å². The van der Waals surface area contributed by atoms with E-state index < -0.39 is 0 Å². The summed E-state index contributed by atoms with van der Waals surface area (Å²) in [6.07, 6.45) is 6.73. The van der Waals surface area contributed by atoms with Gasteiger partial charge in [-0.05, 0) is 44.4 Å². The highest BCUT2D eigenvalue weighted by atomic mass is 35.5. The number of aromatic nitrogens is 1. The number of hydrogen-bond acceptors (Lipinski definition) is 3. The quantitative estimate of drug-likeness (QED) is 0.475. The summed E-state index contributed by atoms with van der Waals surface area (Å²) in [5.74, 6) is 0.858. The Morgan fingerprint density at radius 1 is 1.35 bits per heavy atom. The Balaban J connectivity index is 1.64. The fraction of sp³-hybridized carbons (Fsp3) is 0.647. The van der Waals surface area contributed by atoms with E-state index in [9.17, 15) is 0 Å². The van der Waals surface area contributed by atoms with Gasteiger partial charge >= 0.3 is 0 Å². The molecule has 0 radical (unpaired) electrons. The van der Waals surface area contributed by atoms with Gasteiger partial charge in [0.05, 0.1) is 0 Å². The van der Waals surface area contributed by atoms with E-state index in [1.165, 1.54) is 31.4 Å². The second-order valence-corrected chi connectivity index (χ2v) is 6.43. The van der Waals surface area contributed by atoms with E-state index in [0.29, 0.717) is 11.2 Å². The first-order chi connectivity index (χ1) is 11.2. The third-order valence-electron chi connectivity index (χ3n) is 4.35. The second-order valence-electron chi connectivity index (χ2n) is 6.05. The minimum absolute atomic E-state index is 0.533. The Labute approximate surface area is 144 Å². The van der Waals surface area contributed by atoms with Crippen LogP contribution in [0.15, 0.2) is 23.3 Å². The van der Waals surface area contributed by atoms with Gasteiger partial charge in [-0.3, -0.25) is 9.89 Å². The van der Waals surface area contributed by atoms with E-state index >= 15 is 0 Å².